The summed E-state index contributed by atoms with van der Waals surface area (Å²) >= 11 is 0. The van der Waals surface area contributed by atoms with E-state index in [0.29, 0.717) is 12.2 Å². The predicted molar refractivity (Wildman–Crippen MR) is 114 cm³/mol. The molecular formula is C23H25N3O2. The molecule has 3 aromatic rings. The van der Waals surface area contributed by atoms with Crippen molar-refractivity contribution in [3.63, 3.8) is 0 Å². The Labute approximate surface area is 166 Å². The molecule has 0 unspecified atom stereocenters. The van der Waals surface area contributed by atoms with Gasteiger partial charge in [-0.15, -0.1) is 0 Å². The molecule has 0 aliphatic rings. The van der Waals surface area contributed by atoms with Crippen molar-refractivity contribution in [2.24, 2.45) is 0 Å². The van der Waals surface area contributed by atoms with E-state index in [1.165, 1.54) is 0 Å². The maximum atomic E-state index is 13.0. The molecule has 1 N–H and O–H groups in total. The largest absolute Gasteiger partial charge is 0.489 e. The lowest BCUT2D eigenvalue weighted by atomic mass is 10.2. The van der Waals surface area contributed by atoms with Gasteiger partial charge in [-0.25, -0.2) is 0 Å². The summed E-state index contributed by atoms with van der Waals surface area (Å²) in [5.74, 6) is 0.630. The highest BCUT2D eigenvalue weighted by atomic mass is 16.5. The zero-order chi connectivity index (χ0) is 19.9. The summed E-state index contributed by atoms with van der Waals surface area (Å²) in [6.07, 6.45) is 1.71. The van der Waals surface area contributed by atoms with Crippen LogP contribution in [0.1, 0.15) is 31.3 Å². The first kappa shape index (κ1) is 19.4. The van der Waals surface area contributed by atoms with E-state index in [-0.39, 0.29) is 12.0 Å². The van der Waals surface area contributed by atoms with Gasteiger partial charge in [-0.2, -0.15) is 0 Å². The fraction of sp³-hybridized carbons (Fsp3) is 0.217. The van der Waals surface area contributed by atoms with Crippen LogP contribution in [-0.4, -0.2) is 23.5 Å². The standard InChI is InChI=1S/C23H25N3O2/c1-4-26(19-10-6-5-7-11-19)23(27)21-16-18(14-15-24-21)25-20-12-8-9-13-22(20)28-17(2)3/h5-17H,4H2,1-3H3,(H,24,25). The number of anilines is 3. The number of nitrogens with one attached hydrogen (secondary N) is 1. The Balaban J connectivity index is 1.84. The number of para-hydroxylation sites is 3. The molecule has 5 heteroatoms. The maximum absolute atomic E-state index is 13.0. The van der Waals surface area contributed by atoms with E-state index in [2.05, 4.69) is 10.3 Å². The Morgan fingerprint density at radius 3 is 2.50 bits per heavy atom. The van der Waals surface area contributed by atoms with E-state index in [1.807, 2.05) is 81.4 Å². The van der Waals surface area contributed by atoms with Crippen LogP contribution in [0.4, 0.5) is 17.1 Å². The van der Waals surface area contributed by atoms with Crippen molar-refractivity contribution in [1.29, 1.82) is 0 Å². The highest BCUT2D eigenvalue weighted by Crippen LogP contribution is 2.28. The fourth-order valence-corrected chi connectivity index (χ4v) is 2.90. The molecule has 0 saturated heterocycles. The van der Waals surface area contributed by atoms with Gasteiger partial charge in [-0.1, -0.05) is 30.3 Å². The zero-order valence-electron chi connectivity index (χ0n) is 16.4. The van der Waals surface area contributed by atoms with Gasteiger partial charge in [0.2, 0.25) is 0 Å². The lowest BCUT2D eigenvalue weighted by Gasteiger charge is -2.21. The third-order valence-electron chi connectivity index (χ3n) is 4.14. The number of nitrogens with zero attached hydrogens (tertiary/aromatic N) is 2. The van der Waals surface area contributed by atoms with E-state index in [9.17, 15) is 4.79 Å². The van der Waals surface area contributed by atoms with Gasteiger partial charge in [0.25, 0.3) is 5.91 Å². The molecule has 0 atom stereocenters. The van der Waals surface area contributed by atoms with E-state index < -0.39 is 0 Å². The molecule has 2 aromatic carbocycles. The van der Waals surface area contributed by atoms with E-state index >= 15 is 0 Å². The number of aromatic nitrogens is 1. The first-order valence-corrected chi connectivity index (χ1v) is 9.44. The number of hydrogen-bond donors (Lipinski definition) is 1. The molecule has 3 rings (SSSR count). The lowest BCUT2D eigenvalue weighted by molar-refractivity contribution is 0.0983. The number of carbonyl (C=O) groups excluding carboxylic acids is 1. The number of benzene rings is 2. The minimum atomic E-state index is -0.135. The normalized spacial score (nSPS) is 10.6. The van der Waals surface area contributed by atoms with Crippen molar-refractivity contribution in [2.75, 3.05) is 16.8 Å². The van der Waals surface area contributed by atoms with Gasteiger partial charge >= 0.3 is 0 Å². The molecule has 1 aromatic heterocycles. The Morgan fingerprint density at radius 2 is 1.79 bits per heavy atom. The smallest absolute Gasteiger partial charge is 0.276 e. The van der Waals surface area contributed by atoms with Crippen LogP contribution in [0.25, 0.3) is 0 Å². The Hall–Kier alpha value is -3.34. The van der Waals surface area contributed by atoms with Crippen molar-refractivity contribution in [2.45, 2.75) is 26.9 Å². The molecule has 0 aliphatic carbocycles. The quantitative estimate of drug-likeness (QED) is 0.610. The first-order valence-electron chi connectivity index (χ1n) is 9.44. The minimum absolute atomic E-state index is 0.0708. The van der Waals surface area contributed by atoms with E-state index in [0.717, 1.165) is 22.8 Å². The second-order valence-electron chi connectivity index (χ2n) is 6.60. The Kier molecular flexibility index (Phi) is 6.27. The molecule has 0 aliphatic heterocycles. The molecule has 0 spiro atoms. The van der Waals surface area contributed by atoms with Crippen LogP contribution < -0.4 is 15.0 Å². The monoisotopic (exact) mass is 375 g/mol. The van der Waals surface area contributed by atoms with Gasteiger partial charge in [0.15, 0.2) is 0 Å². The number of amides is 1. The molecule has 0 bridgehead atoms. The van der Waals surface area contributed by atoms with Crippen LogP contribution >= 0.6 is 0 Å². The van der Waals surface area contributed by atoms with Crippen molar-refractivity contribution >= 4 is 23.0 Å². The Bertz CT molecular complexity index is 926. The van der Waals surface area contributed by atoms with Crippen LogP contribution in [0.5, 0.6) is 5.75 Å². The summed E-state index contributed by atoms with van der Waals surface area (Å²) in [5.41, 5.74) is 2.86. The summed E-state index contributed by atoms with van der Waals surface area (Å²) in [7, 11) is 0. The molecule has 28 heavy (non-hydrogen) atoms. The average Bonchev–Trinajstić information content (AvgIpc) is 2.71. The first-order chi connectivity index (χ1) is 13.6. The molecule has 1 amide bonds. The highest BCUT2D eigenvalue weighted by Gasteiger charge is 2.17. The zero-order valence-corrected chi connectivity index (χ0v) is 16.4. The number of rotatable bonds is 7. The van der Waals surface area contributed by atoms with Crippen LogP contribution in [0.15, 0.2) is 72.9 Å². The molecule has 5 nitrogen and oxygen atoms in total. The van der Waals surface area contributed by atoms with Crippen LogP contribution in [0.2, 0.25) is 0 Å². The van der Waals surface area contributed by atoms with Crippen molar-refractivity contribution in [3.8, 4) is 5.75 Å². The second kappa shape index (κ2) is 9.04. The molecule has 0 radical (unpaired) electrons. The summed E-state index contributed by atoms with van der Waals surface area (Å²) < 4.78 is 5.86. The summed E-state index contributed by atoms with van der Waals surface area (Å²) in [6.45, 7) is 6.49. The summed E-state index contributed by atoms with van der Waals surface area (Å²) in [4.78, 5) is 19.0. The molecule has 144 valence electrons. The van der Waals surface area contributed by atoms with Crippen molar-refractivity contribution in [3.05, 3.63) is 78.6 Å². The molecule has 1 heterocycles. The SMILES string of the molecule is CCN(C(=O)c1cc(Nc2ccccc2OC(C)C)ccn1)c1ccccc1. The van der Waals surface area contributed by atoms with Crippen LogP contribution in [0.3, 0.4) is 0 Å². The number of ether oxygens (including phenoxy) is 1. The number of carbonyl (C=O) groups is 1. The molecule has 0 saturated carbocycles. The fourth-order valence-electron chi connectivity index (χ4n) is 2.90. The number of pyridine rings is 1. The Morgan fingerprint density at radius 1 is 1.07 bits per heavy atom. The summed E-state index contributed by atoms with van der Waals surface area (Å²) in [5, 5.41) is 3.33. The molecule has 0 fully saturated rings. The van der Waals surface area contributed by atoms with Crippen molar-refractivity contribution in [1.82, 2.24) is 4.98 Å². The van der Waals surface area contributed by atoms with Crippen molar-refractivity contribution < 1.29 is 9.53 Å². The lowest BCUT2D eigenvalue weighted by Crippen LogP contribution is -2.31. The van der Waals surface area contributed by atoms with E-state index in [1.54, 1.807) is 17.2 Å². The van der Waals surface area contributed by atoms with Gasteiger partial charge in [0, 0.05) is 24.1 Å². The topological polar surface area (TPSA) is 54.5 Å². The maximum Gasteiger partial charge on any atom is 0.276 e. The third kappa shape index (κ3) is 4.68. The predicted octanol–water partition coefficient (Wildman–Crippen LogP) is 5.28. The van der Waals surface area contributed by atoms with Crippen LogP contribution in [0, 0.1) is 0 Å². The summed E-state index contributed by atoms with van der Waals surface area (Å²) in [6, 6.07) is 21.0. The molecular weight excluding hydrogens is 350 g/mol. The third-order valence-corrected chi connectivity index (χ3v) is 4.14. The van der Waals surface area contributed by atoms with Gasteiger partial charge in [-0.05, 0) is 57.2 Å². The average molecular weight is 375 g/mol. The van der Waals surface area contributed by atoms with Crippen LogP contribution in [-0.2, 0) is 0 Å². The highest BCUT2D eigenvalue weighted by molar-refractivity contribution is 6.05. The van der Waals surface area contributed by atoms with E-state index in [4.69, 9.17) is 4.74 Å². The van der Waals surface area contributed by atoms with Gasteiger partial charge in [0.05, 0.1) is 11.8 Å². The van der Waals surface area contributed by atoms with Gasteiger partial charge in [0.1, 0.15) is 11.4 Å². The van der Waals surface area contributed by atoms with Gasteiger partial charge in [-0.3, -0.25) is 9.78 Å². The second-order valence-corrected chi connectivity index (χ2v) is 6.60. The van der Waals surface area contributed by atoms with Gasteiger partial charge < -0.3 is 15.0 Å². The number of hydrogen-bond acceptors (Lipinski definition) is 4. The minimum Gasteiger partial charge on any atom is -0.489 e.